The molecule has 0 bridgehead atoms. The zero-order valence-electron chi connectivity index (χ0n) is 7.92. The molecule has 1 atom stereocenters. The largest absolute Gasteiger partial charge is 0.478 e. The van der Waals surface area contributed by atoms with Crippen LogP contribution in [0, 0.1) is 0 Å². The maximum absolute atomic E-state index is 11.0. The van der Waals surface area contributed by atoms with E-state index in [1.165, 1.54) is 11.2 Å². The van der Waals surface area contributed by atoms with Crippen LogP contribution in [0.1, 0.15) is 6.42 Å². The number of nitrogens with zero attached hydrogens (tertiary/aromatic N) is 2. The van der Waals surface area contributed by atoms with E-state index in [2.05, 4.69) is 10.4 Å². The Morgan fingerprint density at radius 3 is 3.07 bits per heavy atom. The average molecular weight is 209 g/mol. The van der Waals surface area contributed by atoms with Gasteiger partial charge >= 0.3 is 5.97 Å². The molecule has 80 valence electrons. The maximum atomic E-state index is 11.0. The molecule has 0 amide bonds. The van der Waals surface area contributed by atoms with E-state index >= 15 is 0 Å². The van der Waals surface area contributed by atoms with Crippen LogP contribution in [-0.2, 0) is 4.79 Å². The summed E-state index contributed by atoms with van der Waals surface area (Å²) in [6.45, 7) is 0.414. The van der Waals surface area contributed by atoms with Crippen molar-refractivity contribution in [3.8, 4) is 0 Å². The first-order valence-corrected chi connectivity index (χ1v) is 4.54. The number of aromatic nitrogens is 1. The molecule has 1 aromatic rings. The molecule has 15 heavy (non-hydrogen) atoms. The monoisotopic (exact) mass is 209 g/mol. The van der Waals surface area contributed by atoms with Crippen LogP contribution in [0.3, 0.4) is 0 Å². The topological polar surface area (TPSA) is 85.7 Å². The summed E-state index contributed by atoms with van der Waals surface area (Å²) in [6, 6.07) is 3.36. The summed E-state index contributed by atoms with van der Waals surface area (Å²) in [5.74, 6) is -1.27. The highest BCUT2D eigenvalue weighted by molar-refractivity contribution is 5.81. The number of hydrazine groups is 1. The van der Waals surface area contributed by atoms with E-state index in [1.54, 1.807) is 18.3 Å². The minimum atomic E-state index is -1.89. The van der Waals surface area contributed by atoms with Gasteiger partial charge in [-0.3, -0.25) is 9.99 Å². The van der Waals surface area contributed by atoms with Gasteiger partial charge in [0.2, 0.25) is 0 Å². The molecule has 1 fully saturated rings. The smallest absolute Gasteiger partial charge is 0.358 e. The quantitative estimate of drug-likeness (QED) is 0.612. The fourth-order valence-corrected chi connectivity index (χ4v) is 1.58. The molecule has 1 aliphatic heterocycles. The summed E-state index contributed by atoms with van der Waals surface area (Å²) in [5, 5.41) is 20.1. The predicted molar refractivity (Wildman–Crippen MR) is 51.9 cm³/mol. The summed E-state index contributed by atoms with van der Waals surface area (Å²) in [4.78, 5) is 14.8. The Morgan fingerprint density at radius 2 is 2.47 bits per heavy atom. The summed E-state index contributed by atoms with van der Waals surface area (Å²) >= 11 is 0. The second-order valence-corrected chi connectivity index (χ2v) is 3.33. The van der Waals surface area contributed by atoms with Gasteiger partial charge in [-0.25, -0.2) is 10.2 Å². The number of aliphatic carboxylic acids is 1. The molecule has 1 unspecified atom stereocenters. The van der Waals surface area contributed by atoms with Crippen LogP contribution in [0.5, 0.6) is 0 Å². The fourth-order valence-electron chi connectivity index (χ4n) is 1.58. The van der Waals surface area contributed by atoms with Gasteiger partial charge in [0.15, 0.2) is 0 Å². The van der Waals surface area contributed by atoms with Crippen LogP contribution < -0.4 is 10.4 Å². The number of carboxylic acids is 1. The normalized spacial score (nSPS) is 25.5. The Morgan fingerprint density at radius 1 is 1.67 bits per heavy atom. The van der Waals surface area contributed by atoms with Crippen molar-refractivity contribution in [1.29, 1.82) is 0 Å². The van der Waals surface area contributed by atoms with Crippen molar-refractivity contribution in [3.63, 3.8) is 0 Å². The van der Waals surface area contributed by atoms with Crippen molar-refractivity contribution >= 4 is 11.7 Å². The molecule has 0 radical (unpaired) electrons. The minimum Gasteiger partial charge on any atom is -0.478 e. The van der Waals surface area contributed by atoms with E-state index in [0.717, 1.165) is 0 Å². The van der Waals surface area contributed by atoms with Crippen LogP contribution in [0.4, 0.5) is 5.69 Å². The van der Waals surface area contributed by atoms with Crippen LogP contribution in [0.15, 0.2) is 24.5 Å². The number of pyridine rings is 1. The van der Waals surface area contributed by atoms with Gasteiger partial charge in [-0.15, -0.1) is 0 Å². The predicted octanol–water partition coefficient (Wildman–Crippen LogP) is -0.431. The summed E-state index contributed by atoms with van der Waals surface area (Å²) < 4.78 is 0. The first kappa shape index (κ1) is 9.88. The average Bonchev–Trinajstić information content (AvgIpc) is 2.63. The molecule has 6 nitrogen and oxygen atoms in total. The number of aliphatic hydroxyl groups is 1. The number of anilines is 1. The standard InChI is InChI=1S/C9H11N3O3/c13-8(14)9(15)3-5-11-12(9)7-2-1-4-10-6-7/h1-2,4,6,11,15H,3,5H2,(H,13,14). The lowest BCUT2D eigenvalue weighted by atomic mass is 10.1. The third-order valence-electron chi connectivity index (χ3n) is 2.36. The number of carbonyl (C=O) groups is 1. The molecule has 2 rings (SSSR count). The third-order valence-corrected chi connectivity index (χ3v) is 2.36. The summed E-state index contributed by atoms with van der Waals surface area (Å²) in [6.07, 6.45) is 3.21. The minimum absolute atomic E-state index is 0.136. The Hall–Kier alpha value is -1.66. The number of rotatable bonds is 2. The second-order valence-electron chi connectivity index (χ2n) is 3.33. The van der Waals surface area contributed by atoms with Crippen LogP contribution in [0.2, 0.25) is 0 Å². The molecular weight excluding hydrogens is 198 g/mol. The molecule has 3 N–H and O–H groups in total. The maximum Gasteiger partial charge on any atom is 0.358 e. The van der Waals surface area contributed by atoms with Gasteiger partial charge in [0, 0.05) is 19.2 Å². The molecule has 0 aromatic carbocycles. The summed E-state index contributed by atoms with van der Waals surface area (Å²) in [7, 11) is 0. The zero-order chi connectivity index (χ0) is 10.9. The van der Waals surface area contributed by atoms with E-state index in [-0.39, 0.29) is 6.42 Å². The number of carboxylic acid groups (broad SMARTS) is 1. The van der Waals surface area contributed by atoms with Gasteiger partial charge in [0.05, 0.1) is 11.9 Å². The number of nitrogens with one attached hydrogen (secondary N) is 1. The van der Waals surface area contributed by atoms with Crippen LogP contribution in [-0.4, -0.2) is 33.4 Å². The Labute approximate surface area is 86.1 Å². The SMILES string of the molecule is O=C(O)C1(O)CCNN1c1cccnc1. The van der Waals surface area contributed by atoms with Crippen molar-refractivity contribution in [2.45, 2.75) is 12.1 Å². The molecule has 0 spiro atoms. The third kappa shape index (κ3) is 1.53. The van der Waals surface area contributed by atoms with Crippen molar-refractivity contribution in [1.82, 2.24) is 10.4 Å². The van der Waals surface area contributed by atoms with E-state index in [9.17, 15) is 9.90 Å². The molecule has 1 saturated heterocycles. The lowest BCUT2D eigenvalue weighted by Crippen LogP contribution is -2.54. The molecule has 1 aromatic heterocycles. The van der Waals surface area contributed by atoms with E-state index in [0.29, 0.717) is 12.2 Å². The van der Waals surface area contributed by atoms with E-state index in [4.69, 9.17) is 5.11 Å². The first-order valence-electron chi connectivity index (χ1n) is 4.54. The van der Waals surface area contributed by atoms with Gasteiger partial charge in [-0.2, -0.15) is 0 Å². The van der Waals surface area contributed by atoms with Crippen LogP contribution >= 0.6 is 0 Å². The van der Waals surface area contributed by atoms with E-state index in [1.807, 2.05) is 0 Å². The number of hydrogen-bond acceptors (Lipinski definition) is 5. The Kier molecular flexibility index (Phi) is 2.29. The zero-order valence-corrected chi connectivity index (χ0v) is 7.92. The molecule has 0 aliphatic carbocycles. The highest BCUT2D eigenvalue weighted by atomic mass is 16.4. The van der Waals surface area contributed by atoms with Gasteiger partial charge in [0.25, 0.3) is 5.72 Å². The molecule has 0 saturated carbocycles. The lowest BCUT2D eigenvalue weighted by Gasteiger charge is -2.30. The van der Waals surface area contributed by atoms with Crippen molar-refractivity contribution < 1.29 is 15.0 Å². The Balaban J connectivity index is 2.34. The highest BCUT2D eigenvalue weighted by Gasteiger charge is 2.46. The first-order chi connectivity index (χ1) is 7.14. The van der Waals surface area contributed by atoms with Gasteiger partial charge in [-0.05, 0) is 12.1 Å². The highest BCUT2D eigenvalue weighted by Crippen LogP contribution is 2.26. The van der Waals surface area contributed by atoms with Crippen molar-refractivity contribution in [2.24, 2.45) is 0 Å². The van der Waals surface area contributed by atoms with Gasteiger partial charge in [-0.1, -0.05) is 0 Å². The van der Waals surface area contributed by atoms with E-state index < -0.39 is 11.7 Å². The van der Waals surface area contributed by atoms with Gasteiger partial charge in [0.1, 0.15) is 0 Å². The molecular formula is C9H11N3O3. The fraction of sp³-hybridized carbons (Fsp3) is 0.333. The second kappa shape index (κ2) is 3.48. The number of hydrogen-bond donors (Lipinski definition) is 3. The van der Waals surface area contributed by atoms with Crippen molar-refractivity contribution in [3.05, 3.63) is 24.5 Å². The van der Waals surface area contributed by atoms with Gasteiger partial charge < -0.3 is 10.2 Å². The Bertz CT molecular complexity index is 370. The van der Waals surface area contributed by atoms with Crippen molar-refractivity contribution in [2.75, 3.05) is 11.6 Å². The molecule has 2 heterocycles. The lowest BCUT2D eigenvalue weighted by molar-refractivity contribution is -0.157. The van der Waals surface area contributed by atoms with Crippen LogP contribution in [0.25, 0.3) is 0 Å². The molecule has 1 aliphatic rings. The summed E-state index contributed by atoms with van der Waals surface area (Å²) in [5.41, 5.74) is 1.45. The molecule has 6 heteroatoms.